The van der Waals surface area contributed by atoms with Crippen LogP contribution in [0.2, 0.25) is 0 Å². The monoisotopic (exact) mass is 454 g/mol. The van der Waals surface area contributed by atoms with Crippen LogP contribution in [0.15, 0.2) is 18.2 Å². The minimum atomic E-state index is -2.09. The molecule has 1 heterocycles. The highest BCUT2D eigenvalue weighted by Crippen LogP contribution is 2.25. The number of hydrogen-bond donors (Lipinski definition) is 6. The number of amides is 1. The molecule has 2 atom stereocenters. The van der Waals surface area contributed by atoms with Crippen molar-refractivity contribution in [1.29, 1.82) is 0 Å². The minimum absolute atomic E-state index is 0.0263. The van der Waals surface area contributed by atoms with Crippen molar-refractivity contribution in [3.05, 3.63) is 29.3 Å². The summed E-state index contributed by atoms with van der Waals surface area (Å²) >= 11 is 0. The summed E-state index contributed by atoms with van der Waals surface area (Å²) in [5.41, 5.74) is 3.86. The summed E-state index contributed by atoms with van der Waals surface area (Å²) in [5.74, 6) is 7.84. The fraction of sp³-hybridized carbons (Fsp3) is 0.524. The van der Waals surface area contributed by atoms with Crippen molar-refractivity contribution in [1.82, 2.24) is 15.6 Å². The highest BCUT2D eigenvalue weighted by molar-refractivity contribution is 7.54. The van der Waals surface area contributed by atoms with Crippen LogP contribution < -0.4 is 21.9 Å². The molecule has 0 aromatic heterocycles. The fourth-order valence-electron chi connectivity index (χ4n) is 3.00. The van der Waals surface area contributed by atoms with Crippen LogP contribution in [0.4, 0.5) is 0 Å². The first-order chi connectivity index (χ1) is 14.5. The minimum Gasteiger partial charge on any atom is -0.391 e. The van der Waals surface area contributed by atoms with E-state index in [1.807, 2.05) is 33.6 Å². The highest BCUT2D eigenvalue weighted by Gasteiger charge is 2.36. The molecule has 1 saturated heterocycles. The van der Waals surface area contributed by atoms with Gasteiger partial charge in [-0.3, -0.25) is 10.6 Å². The quantitative estimate of drug-likeness (QED) is 0.152. The number of rotatable bonds is 5. The van der Waals surface area contributed by atoms with E-state index in [2.05, 4.69) is 16.7 Å². The third kappa shape index (κ3) is 9.42. The van der Waals surface area contributed by atoms with Crippen molar-refractivity contribution in [3.8, 4) is 12.3 Å². The van der Waals surface area contributed by atoms with Gasteiger partial charge in [0.25, 0.3) is 0 Å². The van der Waals surface area contributed by atoms with Gasteiger partial charge in [0.05, 0.1) is 6.10 Å². The number of carbonyl (C=O) groups is 2. The molecule has 2 rings (SSSR count). The van der Waals surface area contributed by atoms with Gasteiger partial charge in [0.2, 0.25) is 5.91 Å². The standard InChI is InChI=1S/C10H21N3O2.C10H12NO2P.CH2O/c1-10(2,3)8(12-11)9(15)13-5-4-7(14)6-13;1-3-8-4-5-9(7-11-2)10(6-8)14(12)13;1-2/h7-8,12,14H,4-6,11H2,1-3H3;1,4-6,11-13H,7H2,2H3;1H2. The van der Waals surface area contributed by atoms with Gasteiger partial charge in [-0.2, -0.15) is 0 Å². The Bertz CT molecular complexity index is 733. The largest absolute Gasteiger partial charge is 0.391 e. The average molecular weight is 455 g/mol. The molecule has 1 fully saturated rings. The van der Waals surface area contributed by atoms with Crippen LogP contribution >= 0.6 is 8.38 Å². The van der Waals surface area contributed by atoms with E-state index in [1.54, 1.807) is 24.1 Å². The van der Waals surface area contributed by atoms with Gasteiger partial charge in [-0.1, -0.05) is 32.8 Å². The number of terminal acetylenes is 1. The van der Waals surface area contributed by atoms with Crippen LogP contribution in [0.5, 0.6) is 0 Å². The zero-order valence-electron chi connectivity index (χ0n) is 18.6. The lowest BCUT2D eigenvalue weighted by Crippen LogP contribution is -2.55. The first-order valence-corrected chi connectivity index (χ1v) is 10.9. The maximum absolute atomic E-state index is 12.0. The second kappa shape index (κ2) is 14.2. The number of nitrogens with one attached hydrogen (secondary N) is 2. The molecule has 31 heavy (non-hydrogen) atoms. The summed E-state index contributed by atoms with van der Waals surface area (Å²) < 4.78 is 0. The third-order valence-electron chi connectivity index (χ3n) is 4.59. The Labute approximate surface area is 185 Å². The van der Waals surface area contributed by atoms with E-state index in [0.717, 1.165) is 5.56 Å². The molecule has 9 nitrogen and oxygen atoms in total. The molecule has 0 saturated carbocycles. The molecule has 0 aliphatic carbocycles. The molecule has 0 spiro atoms. The molecule has 0 bridgehead atoms. The van der Waals surface area contributed by atoms with Gasteiger partial charge in [-0.15, -0.1) is 6.42 Å². The van der Waals surface area contributed by atoms with Gasteiger partial charge in [0.1, 0.15) is 12.8 Å². The highest BCUT2D eigenvalue weighted by atomic mass is 31.2. The summed E-state index contributed by atoms with van der Waals surface area (Å²) in [7, 11) is -0.284. The zero-order chi connectivity index (χ0) is 24.2. The molecule has 2 unspecified atom stereocenters. The van der Waals surface area contributed by atoms with E-state index in [4.69, 9.17) is 17.1 Å². The van der Waals surface area contributed by atoms with Crippen LogP contribution in [0, 0.1) is 17.8 Å². The van der Waals surface area contributed by atoms with Crippen LogP contribution in [0.25, 0.3) is 0 Å². The van der Waals surface area contributed by atoms with Crippen molar-refractivity contribution in [2.24, 2.45) is 11.3 Å². The van der Waals surface area contributed by atoms with Gasteiger partial charge in [0.15, 0.2) is 8.38 Å². The van der Waals surface area contributed by atoms with Crippen molar-refractivity contribution in [2.45, 2.75) is 45.9 Å². The Kier molecular flexibility index (Phi) is 13.4. The Hall–Kier alpha value is -1.89. The molecule has 0 radical (unpaired) electrons. The molecule has 1 aromatic carbocycles. The van der Waals surface area contributed by atoms with E-state index >= 15 is 0 Å². The molecule has 1 amide bonds. The number of β-amino-alcohol motifs (C(OH)–C–C–N with tert-alkyl or cyclic N) is 1. The van der Waals surface area contributed by atoms with Gasteiger partial charge in [0, 0.05) is 30.5 Å². The van der Waals surface area contributed by atoms with Crippen molar-refractivity contribution >= 4 is 26.4 Å². The number of nitrogens with two attached hydrogens (primary N) is 1. The lowest BCUT2D eigenvalue weighted by atomic mass is 9.86. The van der Waals surface area contributed by atoms with E-state index in [1.165, 1.54) is 0 Å². The molecule has 1 aliphatic rings. The Morgan fingerprint density at radius 3 is 2.42 bits per heavy atom. The predicted octanol–water partition coefficient (Wildman–Crippen LogP) is -0.418. The molecular weight excluding hydrogens is 419 g/mol. The average Bonchev–Trinajstić information content (AvgIpc) is 3.16. The maximum Gasteiger partial charge on any atom is 0.241 e. The first-order valence-electron chi connectivity index (χ1n) is 9.69. The lowest BCUT2D eigenvalue weighted by Gasteiger charge is -2.32. The topological polar surface area (TPSA) is 148 Å². The van der Waals surface area contributed by atoms with Crippen LogP contribution in [0.3, 0.4) is 0 Å². The van der Waals surface area contributed by atoms with Crippen molar-refractivity contribution in [2.75, 3.05) is 20.1 Å². The molecule has 1 aromatic rings. The fourth-order valence-corrected chi connectivity index (χ4v) is 3.66. The normalized spacial score (nSPS) is 16.5. The first kappa shape index (κ1) is 29.1. The number of aliphatic hydroxyl groups is 1. The number of likely N-dealkylation sites (tertiary alicyclic amines) is 1. The Balaban J connectivity index is 0.000000539. The number of hydrazine groups is 1. The Morgan fingerprint density at radius 1 is 1.42 bits per heavy atom. The molecular formula is C21H35N4O5P. The number of hydrogen-bond acceptors (Lipinski definition) is 8. The van der Waals surface area contributed by atoms with Crippen LogP contribution in [0.1, 0.15) is 38.3 Å². The smallest absolute Gasteiger partial charge is 0.241 e. The zero-order valence-corrected chi connectivity index (χ0v) is 19.5. The molecule has 7 N–H and O–H groups in total. The summed E-state index contributed by atoms with van der Waals surface area (Å²) in [6.45, 7) is 9.52. The van der Waals surface area contributed by atoms with E-state index in [-0.39, 0.29) is 17.4 Å². The number of benzene rings is 1. The summed E-state index contributed by atoms with van der Waals surface area (Å²) in [5, 5.41) is 12.8. The predicted molar refractivity (Wildman–Crippen MR) is 123 cm³/mol. The molecule has 1 aliphatic heterocycles. The summed E-state index contributed by atoms with van der Waals surface area (Å²) in [6.07, 6.45) is 5.50. The lowest BCUT2D eigenvalue weighted by molar-refractivity contribution is -0.135. The van der Waals surface area contributed by atoms with Crippen LogP contribution in [-0.2, 0) is 16.1 Å². The van der Waals surface area contributed by atoms with Gasteiger partial charge >= 0.3 is 0 Å². The van der Waals surface area contributed by atoms with E-state index < -0.39 is 14.4 Å². The van der Waals surface area contributed by atoms with Gasteiger partial charge in [-0.25, -0.2) is 5.43 Å². The van der Waals surface area contributed by atoms with Gasteiger partial charge < -0.3 is 29.9 Å². The van der Waals surface area contributed by atoms with E-state index in [9.17, 15) is 19.7 Å². The number of nitrogens with zero attached hydrogens (tertiary/aromatic N) is 1. The summed E-state index contributed by atoms with van der Waals surface area (Å²) in [6, 6.07) is 4.83. The molecule has 10 heteroatoms. The van der Waals surface area contributed by atoms with Crippen LogP contribution in [-0.4, -0.2) is 64.8 Å². The third-order valence-corrected chi connectivity index (χ3v) is 5.44. The maximum atomic E-state index is 12.0. The van der Waals surface area contributed by atoms with Gasteiger partial charge in [-0.05, 0) is 36.6 Å². The Morgan fingerprint density at radius 2 is 2.03 bits per heavy atom. The summed E-state index contributed by atoms with van der Waals surface area (Å²) in [4.78, 5) is 40.1. The number of carbonyl (C=O) groups excluding carboxylic acids is 2. The van der Waals surface area contributed by atoms with Crippen molar-refractivity contribution in [3.63, 3.8) is 0 Å². The second-order valence-electron chi connectivity index (χ2n) is 8.00. The second-order valence-corrected chi connectivity index (χ2v) is 9.06. The SMILES string of the molecule is C#Cc1ccc(CNC)c(P(O)O)c1.C=O.CC(C)(C)C(NN)C(=O)N1CCC(O)C1. The van der Waals surface area contributed by atoms with E-state index in [0.29, 0.717) is 36.9 Å². The molecule has 174 valence electrons. The van der Waals surface area contributed by atoms with Crippen molar-refractivity contribution < 1.29 is 24.5 Å². The number of aliphatic hydroxyl groups excluding tert-OH is 1.